The Kier molecular flexibility index (Phi) is 5.81. The molecule has 0 spiro atoms. The summed E-state index contributed by atoms with van der Waals surface area (Å²) in [5.41, 5.74) is 0. The van der Waals surface area contributed by atoms with Gasteiger partial charge in [-0.3, -0.25) is 4.79 Å². The molecule has 2 atom stereocenters. The van der Waals surface area contributed by atoms with Crippen LogP contribution in [0.5, 0.6) is 0 Å². The second kappa shape index (κ2) is 6.89. The second-order valence-corrected chi connectivity index (χ2v) is 5.46. The first kappa shape index (κ1) is 13.5. The molecule has 0 aliphatic carbocycles. The van der Waals surface area contributed by atoms with E-state index in [2.05, 4.69) is 31.4 Å². The van der Waals surface area contributed by atoms with E-state index in [0.717, 1.165) is 31.8 Å². The van der Waals surface area contributed by atoms with Crippen LogP contribution in [0.4, 0.5) is 0 Å². The van der Waals surface area contributed by atoms with Crippen LogP contribution in [0, 0.1) is 11.8 Å². The maximum Gasteiger partial charge on any atom is 0.237 e. The summed E-state index contributed by atoms with van der Waals surface area (Å²) in [6.45, 7) is 8.45. The fourth-order valence-electron chi connectivity index (χ4n) is 2.15. The van der Waals surface area contributed by atoms with Crippen LogP contribution in [0.25, 0.3) is 0 Å². The first-order chi connectivity index (χ1) is 7.59. The van der Waals surface area contributed by atoms with Crippen LogP contribution in [0.2, 0.25) is 0 Å². The van der Waals surface area contributed by atoms with E-state index in [0.29, 0.717) is 5.92 Å². The third kappa shape index (κ3) is 4.97. The van der Waals surface area contributed by atoms with Crippen molar-refractivity contribution < 1.29 is 4.79 Å². The number of nitrogens with one attached hydrogen (secondary N) is 2. The van der Waals surface area contributed by atoms with E-state index < -0.39 is 0 Å². The van der Waals surface area contributed by atoms with Gasteiger partial charge >= 0.3 is 0 Å². The van der Waals surface area contributed by atoms with Gasteiger partial charge in [0.2, 0.25) is 5.91 Å². The normalized spacial score (nSPS) is 25.8. The number of carbonyl (C=O) groups excluding carboxylic acids is 1. The number of hydrogen-bond acceptors (Lipinski definition) is 2. The Hall–Kier alpha value is -0.570. The SMILES string of the molecule is CC(C)CCCNC(=O)C1CC(C)CCN1. The van der Waals surface area contributed by atoms with E-state index in [4.69, 9.17) is 0 Å². The molecule has 0 aromatic carbocycles. The van der Waals surface area contributed by atoms with E-state index in [9.17, 15) is 4.79 Å². The largest absolute Gasteiger partial charge is 0.355 e. The Bertz CT molecular complexity index is 216. The molecular weight excluding hydrogens is 200 g/mol. The standard InChI is InChI=1S/C13H26N2O/c1-10(2)5-4-7-15-13(16)12-9-11(3)6-8-14-12/h10-12,14H,4-9H2,1-3H3,(H,15,16). The first-order valence-electron chi connectivity index (χ1n) is 6.60. The fraction of sp³-hybridized carbons (Fsp3) is 0.923. The zero-order valence-corrected chi connectivity index (χ0v) is 10.9. The Morgan fingerprint density at radius 1 is 1.50 bits per heavy atom. The minimum atomic E-state index is 0.0443. The lowest BCUT2D eigenvalue weighted by Crippen LogP contribution is -2.48. The lowest BCUT2D eigenvalue weighted by Gasteiger charge is -2.27. The van der Waals surface area contributed by atoms with Gasteiger partial charge in [0.1, 0.15) is 0 Å². The molecule has 3 nitrogen and oxygen atoms in total. The molecule has 0 radical (unpaired) electrons. The summed E-state index contributed by atoms with van der Waals surface area (Å²) >= 11 is 0. The van der Waals surface area contributed by atoms with Gasteiger partial charge in [0.25, 0.3) is 0 Å². The molecule has 0 aromatic heterocycles. The van der Waals surface area contributed by atoms with Crippen LogP contribution in [0.3, 0.4) is 0 Å². The molecule has 2 N–H and O–H groups in total. The molecule has 1 heterocycles. The monoisotopic (exact) mass is 226 g/mol. The van der Waals surface area contributed by atoms with Gasteiger partial charge in [-0.1, -0.05) is 20.8 Å². The maximum atomic E-state index is 11.8. The lowest BCUT2D eigenvalue weighted by atomic mass is 9.94. The zero-order valence-electron chi connectivity index (χ0n) is 10.9. The van der Waals surface area contributed by atoms with Gasteiger partial charge in [0, 0.05) is 6.54 Å². The van der Waals surface area contributed by atoms with Crippen LogP contribution < -0.4 is 10.6 Å². The van der Waals surface area contributed by atoms with Gasteiger partial charge in [-0.05, 0) is 44.1 Å². The summed E-state index contributed by atoms with van der Waals surface area (Å²) in [5, 5.41) is 6.31. The molecule has 3 heteroatoms. The maximum absolute atomic E-state index is 11.8. The van der Waals surface area contributed by atoms with E-state index in [-0.39, 0.29) is 11.9 Å². The summed E-state index contributed by atoms with van der Waals surface area (Å²) in [7, 11) is 0. The molecule has 1 saturated heterocycles. The highest BCUT2D eigenvalue weighted by Gasteiger charge is 2.23. The third-order valence-corrected chi connectivity index (χ3v) is 3.24. The highest BCUT2D eigenvalue weighted by atomic mass is 16.2. The summed E-state index contributed by atoms with van der Waals surface area (Å²) in [6.07, 6.45) is 4.45. The number of piperidine rings is 1. The fourth-order valence-corrected chi connectivity index (χ4v) is 2.15. The molecule has 0 aromatic rings. The molecule has 0 bridgehead atoms. The molecule has 16 heavy (non-hydrogen) atoms. The minimum Gasteiger partial charge on any atom is -0.355 e. The number of carbonyl (C=O) groups is 1. The van der Waals surface area contributed by atoms with Crippen LogP contribution >= 0.6 is 0 Å². The zero-order chi connectivity index (χ0) is 12.0. The Balaban J connectivity index is 2.14. The van der Waals surface area contributed by atoms with Gasteiger partial charge in [0.05, 0.1) is 6.04 Å². The van der Waals surface area contributed by atoms with E-state index in [1.165, 1.54) is 12.8 Å². The molecule has 1 amide bonds. The van der Waals surface area contributed by atoms with E-state index in [1.54, 1.807) is 0 Å². The molecule has 1 fully saturated rings. The van der Waals surface area contributed by atoms with Crippen molar-refractivity contribution in [3.63, 3.8) is 0 Å². The van der Waals surface area contributed by atoms with Crippen LogP contribution in [0.1, 0.15) is 46.5 Å². The average Bonchev–Trinajstić information content (AvgIpc) is 2.24. The highest BCUT2D eigenvalue weighted by molar-refractivity contribution is 5.81. The number of hydrogen-bond donors (Lipinski definition) is 2. The van der Waals surface area contributed by atoms with Crippen LogP contribution in [-0.2, 0) is 4.79 Å². The Labute approximate surface area is 99.4 Å². The Morgan fingerprint density at radius 3 is 2.88 bits per heavy atom. The molecule has 2 unspecified atom stereocenters. The van der Waals surface area contributed by atoms with E-state index >= 15 is 0 Å². The van der Waals surface area contributed by atoms with Gasteiger partial charge in [-0.25, -0.2) is 0 Å². The van der Waals surface area contributed by atoms with Crippen molar-refractivity contribution in [2.45, 2.75) is 52.5 Å². The van der Waals surface area contributed by atoms with Crippen molar-refractivity contribution in [2.75, 3.05) is 13.1 Å². The van der Waals surface area contributed by atoms with Crippen LogP contribution in [0.15, 0.2) is 0 Å². The molecule has 1 aliphatic rings. The predicted molar refractivity (Wildman–Crippen MR) is 67.3 cm³/mol. The van der Waals surface area contributed by atoms with Crippen LogP contribution in [-0.4, -0.2) is 25.0 Å². The minimum absolute atomic E-state index is 0.0443. The quantitative estimate of drug-likeness (QED) is 0.703. The van der Waals surface area contributed by atoms with Crippen molar-refractivity contribution in [3.05, 3.63) is 0 Å². The molecule has 1 rings (SSSR count). The number of amides is 1. The smallest absolute Gasteiger partial charge is 0.237 e. The Morgan fingerprint density at radius 2 is 2.25 bits per heavy atom. The second-order valence-electron chi connectivity index (χ2n) is 5.46. The topological polar surface area (TPSA) is 41.1 Å². The predicted octanol–water partition coefficient (Wildman–Crippen LogP) is 1.93. The summed E-state index contributed by atoms with van der Waals surface area (Å²) in [6, 6.07) is 0.0443. The summed E-state index contributed by atoms with van der Waals surface area (Å²) < 4.78 is 0. The first-order valence-corrected chi connectivity index (χ1v) is 6.60. The molecule has 0 saturated carbocycles. The van der Waals surface area contributed by atoms with Gasteiger partial charge in [0.15, 0.2) is 0 Å². The average molecular weight is 226 g/mol. The third-order valence-electron chi connectivity index (χ3n) is 3.24. The van der Waals surface area contributed by atoms with E-state index in [1.807, 2.05) is 0 Å². The highest BCUT2D eigenvalue weighted by Crippen LogP contribution is 2.14. The van der Waals surface area contributed by atoms with Crippen molar-refractivity contribution in [1.29, 1.82) is 0 Å². The van der Waals surface area contributed by atoms with Gasteiger partial charge in [-0.2, -0.15) is 0 Å². The van der Waals surface area contributed by atoms with Crippen molar-refractivity contribution in [1.82, 2.24) is 10.6 Å². The number of rotatable bonds is 5. The molecule has 1 aliphatic heterocycles. The van der Waals surface area contributed by atoms with Gasteiger partial charge in [-0.15, -0.1) is 0 Å². The van der Waals surface area contributed by atoms with Gasteiger partial charge < -0.3 is 10.6 Å². The summed E-state index contributed by atoms with van der Waals surface area (Å²) in [4.78, 5) is 11.8. The molecular formula is C13H26N2O. The van der Waals surface area contributed by atoms with Crippen molar-refractivity contribution in [3.8, 4) is 0 Å². The summed E-state index contributed by atoms with van der Waals surface area (Å²) in [5.74, 6) is 1.59. The van der Waals surface area contributed by atoms with Crippen molar-refractivity contribution >= 4 is 5.91 Å². The molecule has 94 valence electrons. The van der Waals surface area contributed by atoms with Crippen molar-refractivity contribution in [2.24, 2.45) is 11.8 Å². The lowest BCUT2D eigenvalue weighted by molar-refractivity contribution is -0.124.